The summed E-state index contributed by atoms with van der Waals surface area (Å²) in [6, 6.07) is 11.9. The minimum absolute atomic E-state index is 0.149. The molecular weight excluding hydrogens is 361 g/mol. The highest BCUT2D eigenvalue weighted by Crippen LogP contribution is 2.31. The molecule has 0 bridgehead atoms. The van der Waals surface area contributed by atoms with Gasteiger partial charge < -0.3 is 15.2 Å². The third kappa shape index (κ3) is 5.25. The highest BCUT2D eigenvalue weighted by molar-refractivity contribution is 6.06. The Kier molecular flexibility index (Phi) is 6.08. The molecule has 0 aliphatic carbocycles. The second-order valence-electron chi connectivity index (χ2n) is 5.39. The van der Waals surface area contributed by atoms with Gasteiger partial charge in [-0.15, -0.1) is 0 Å². The normalized spacial score (nSPS) is 12.0. The Morgan fingerprint density at radius 2 is 1.63 bits per heavy atom. The van der Waals surface area contributed by atoms with Crippen molar-refractivity contribution < 1.29 is 27.8 Å². The van der Waals surface area contributed by atoms with Crippen LogP contribution in [0.5, 0.6) is 11.5 Å². The second kappa shape index (κ2) is 8.27. The fourth-order valence-electron chi connectivity index (χ4n) is 2.07. The number of amides is 1. The van der Waals surface area contributed by atoms with Crippen LogP contribution in [0.2, 0.25) is 0 Å². The molecule has 1 amide bonds. The van der Waals surface area contributed by atoms with Gasteiger partial charge in [0.25, 0.3) is 5.91 Å². The number of nitriles is 1. The number of carbonyl (C=O) groups is 1. The first-order chi connectivity index (χ1) is 12.7. The van der Waals surface area contributed by atoms with Crippen LogP contribution >= 0.6 is 0 Å². The Morgan fingerprint density at radius 3 is 2.07 bits per heavy atom. The zero-order chi connectivity index (χ0) is 20.0. The topological polar surface area (TPSA) is 82.3 Å². The van der Waals surface area contributed by atoms with E-state index >= 15 is 0 Å². The van der Waals surface area contributed by atoms with Crippen molar-refractivity contribution in [3.05, 3.63) is 65.4 Å². The molecular formula is C19H15F3N2O3. The van der Waals surface area contributed by atoms with E-state index in [4.69, 9.17) is 10.00 Å². The van der Waals surface area contributed by atoms with E-state index in [0.29, 0.717) is 11.4 Å². The van der Waals surface area contributed by atoms with Gasteiger partial charge in [0, 0.05) is 12.1 Å². The molecule has 0 unspecified atom stereocenters. The summed E-state index contributed by atoms with van der Waals surface area (Å²) in [6.45, 7) is 1.60. The Labute approximate surface area is 153 Å². The van der Waals surface area contributed by atoms with Gasteiger partial charge in [0.1, 0.15) is 23.3 Å². The van der Waals surface area contributed by atoms with Crippen LogP contribution in [0.3, 0.4) is 0 Å². The molecule has 0 heterocycles. The second-order valence-corrected chi connectivity index (χ2v) is 5.39. The Bertz CT molecular complexity index is 880. The molecule has 0 radical (unpaired) electrons. The molecule has 2 aromatic rings. The summed E-state index contributed by atoms with van der Waals surface area (Å²) in [6.07, 6.45) is -4.27. The van der Waals surface area contributed by atoms with E-state index in [0.717, 1.165) is 12.1 Å². The fraction of sp³-hybridized carbons (Fsp3) is 0.158. The highest BCUT2D eigenvalue weighted by Gasteiger charge is 2.30. The quantitative estimate of drug-likeness (QED) is 0.428. The lowest BCUT2D eigenvalue weighted by Crippen LogP contribution is -2.15. The number of nitrogens with one attached hydrogen (secondary N) is 1. The van der Waals surface area contributed by atoms with Gasteiger partial charge in [0.2, 0.25) is 0 Å². The maximum absolute atomic E-state index is 12.5. The number of benzene rings is 2. The van der Waals surface area contributed by atoms with Crippen LogP contribution in [0, 0.1) is 11.3 Å². The number of hydrogen-bond donors (Lipinski definition) is 2. The van der Waals surface area contributed by atoms with Gasteiger partial charge in [-0.3, -0.25) is 4.79 Å². The zero-order valence-electron chi connectivity index (χ0n) is 14.2. The predicted octanol–water partition coefficient (Wildman–Crippen LogP) is 5.18. The average molecular weight is 376 g/mol. The largest absolute Gasteiger partial charge is 0.511 e. The zero-order valence-corrected chi connectivity index (χ0v) is 14.2. The monoisotopic (exact) mass is 376 g/mol. The number of carbonyl (C=O) groups excluding carboxylic acids is 1. The summed E-state index contributed by atoms with van der Waals surface area (Å²) >= 11 is 0. The van der Waals surface area contributed by atoms with Crippen molar-refractivity contribution in [2.45, 2.75) is 19.5 Å². The lowest BCUT2D eigenvalue weighted by Gasteiger charge is -2.10. The molecule has 0 atom stereocenters. The SMILES string of the molecule is CC/C(O)=C(\C#N)C(=O)Nc1ccc(Oc2ccc(C(F)(F)F)cc2)cc1. The Morgan fingerprint density at radius 1 is 1.11 bits per heavy atom. The number of nitrogens with zero attached hydrogens (tertiary/aromatic N) is 1. The van der Waals surface area contributed by atoms with Gasteiger partial charge >= 0.3 is 6.18 Å². The molecule has 2 aromatic carbocycles. The van der Waals surface area contributed by atoms with Crippen LogP contribution < -0.4 is 10.1 Å². The molecule has 0 fully saturated rings. The molecule has 140 valence electrons. The molecule has 0 aromatic heterocycles. The van der Waals surface area contributed by atoms with Crippen LogP contribution in [-0.4, -0.2) is 11.0 Å². The number of allylic oxidation sites excluding steroid dienone is 1. The van der Waals surface area contributed by atoms with Crippen LogP contribution in [0.1, 0.15) is 18.9 Å². The van der Waals surface area contributed by atoms with Crippen LogP contribution in [0.4, 0.5) is 18.9 Å². The smallest absolute Gasteiger partial charge is 0.416 e. The Balaban J connectivity index is 2.05. The van der Waals surface area contributed by atoms with E-state index < -0.39 is 17.6 Å². The fourth-order valence-corrected chi connectivity index (χ4v) is 2.07. The maximum Gasteiger partial charge on any atom is 0.416 e. The van der Waals surface area contributed by atoms with Gasteiger partial charge in [-0.2, -0.15) is 18.4 Å². The first-order valence-corrected chi connectivity index (χ1v) is 7.83. The number of aliphatic hydroxyl groups excluding tert-OH is 1. The number of ether oxygens (including phenoxy) is 1. The summed E-state index contributed by atoms with van der Waals surface area (Å²) in [5.41, 5.74) is -0.788. The van der Waals surface area contributed by atoms with E-state index in [-0.39, 0.29) is 23.5 Å². The first-order valence-electron chi connectivity index (χ1n) is 7.83. The summed E-state index contributed by atoms with van der Waals surface area (Å²) < 4.78 is 43.1. The summed E-state index contributed by atoms with van der Waals surface area (Å²) in [5.74, 6) is -0.479. The first kappa shape index (κ1) is 19.8. The van der Waals surface area contributed by atoms with Gasteiger partial charge in [-0.05, 0) is 48.5 Å². The summed E-state index contributed by atoms with van der Waals surface area (Å²) in [7, 11) is 0. The van der Waals surface area contributed by atoms with Crippen molar-refractivity contribution in [1.29, 1.82) is 5.26 Å². The molecule has 27 heavy (non-hydrogen) atoms. The molecule has 0 spiro atoms. The lowest BCUT2D eigenvalue weighted by atomic mass is 10.2. The molecule has 0 saturated heterocycles. The predicted molar refractivity (Wildman–Crippen MR) is 92.1 cm³/mol. The van der Waals surface area contributed by atoms with E-state index in [9.17, 15) is 23.1 Å². The standard InChI is InChI=1S/C19H15F3N2O3/c1-2-17(25)16(11-23)18(26)24-13-5-9-15(10-6-13)27-14-7-3-12(4-8-14)19(20,21)22/h3-10,25H,2H2,1H3,(H,24,26)/b17-16-. The third-order valence-electron chi connectivity index (χ3n) is 3.49. The number of hydrogen-bond acceptors (Lipinski definition) is 4. The average Bonchev–Trinajstić information content (AvgIpc) is 2.63. The van der Waals surface area contributed by atoms with Crippen molar-refractivity contribution in [2.24, 2.45) is 0 Å². The van der Waals surface area contributed by atoms with Crippen molar-refractivity contribution in [2.75, 3.05) is 5.32 Å². The van der Waals surface area contributed by atoms with Crippen molar-refractivity contribution in [3.8, 4) is 17.6 Å². The van der Waals surface area contributed by atoms with Crippen LogP contribution in [0.15, 0.2) is 59.9 Å². The Hall–Kier alpha value is -3.47. The van der Waals surface area contributed by atoms with Crippen LogP contribution in [-0.2, 0) is 11.0 Å². The lowest BCUT2D eigenvalue weighted by molar-refractivity contribution is -0.137. The summed E-state index contributed by atoms with van der Waals surface area (Å²) in [5, 5.41) is 20.9. The van der Waals surface area contributed by atoms with Gasteiger partial charge in [-0.25, -0.2) is 0 Å². The number of anilines is 1. The molecule has 2 N–H and O–H groups in total. The minimum atomic E-state index is -4.42. The van der Waals surface area contributed by atoms with E-state index in [1.165, 1.54) is 36.4 Å². The number of halogens is 3. The highest BCUT2D eigenvalue weighted by atomic mass is 19.4. The third-order valence-corrected chi connectivity index (χ3v) is 3.49. The minimum Gasteiger partial charge on any atom is -0.511 e. The number of alkyl halides is 3. The van der Waals surface area contributed by atoms with Gasteiger partial charge in [0.15, 0.2) is 5.57 Å². The summed E-state index contributed by atoms with van der Waals surface area (Å²) in [4.78, 5) is 12.0. The van der Waals surface area contributed by atoms with Crippen molar-refractivity contribution in [1.82, 2.24) is 0 Å². The molecule has 0 saturated carbocycles. The van der Waals surface area contributed by atoms with Crippen molar-refractivity contribution >= 4 is 11.6 Å². The number of aliphatic hydroxyl groups is 1. The molecule has 5 nitrogen and oxygen atoms in total. The molecule has 0 aliphatic rings. The van der Waals surface area contributed by atoms with Gasteiger partial charge in [0.05, 0.1) is 5.56 Å². The van der Waals surface area contributed by atoms with Gasteiger partial charge in [-0.1, -0.05) is 6.92 Å². The number of rotatable bonds is 5. The van der Waals surface area contributed by atoms with E-state index in [1.807, 2.05) is 0 Å². The maximum atomic E-state index is 12.5. The van der Waals surface area contributed by atoms with Crippen LogP contribution in [0.25, 0.3) is 0 Å². The molecule has 0 aliphatic heterocycles. The van der Waals surface area contributed by atoms with Crippen molar-refractivity contribution in [3.63, 3.8) is 0 Å². The molecule has 2 rings (SSSR count). The molecule has 8 heteroatoms. The van der Waals surface area contributed by atoms with E-state index in [1.54, 1.807) is 13.0 Å². The van der Waals surface area contributed by atoms with E-state index in [2.05, 4.69) is 5.32 Å².